The molecule has 5 nitrogen and oxygen atoms in total. The Morgan fingerprint density at radius 1 is 1.03 bits per heavy atom. The first-order chi connectivity index (χ1) is 14.1. The second kappa shape index (κ2) is 6.86. The van der Waals surface area contributed by atoms with E-state index in [0.29, 0.717) is 5.56 Å². The Labute approximate surface area is 170 Å². The van der Waals surface area contributed by atoms with Crippen LogP contribution in [-0.2, 0) is 7.05 Å². The molecular weight excluding hydrogens is 385 g/mol. The number of hydrogen-bond acceptors (Lipinski definition) is 5. The van der Waals surface area contributed by atoms with Crippen LogP contribution in [0.2, 0.25) is 0 Å². The second-order valence-electron chi connectivity index (χ2n) is 6.76. The monoisotopic (exact) mass is 401 g/mol. The summed E-state index contributed by atoms with van der Waals surface area (Å²) in [4.78, 5) is 19.0. The molecule has 0 unspecified atom stereocenters. The number of thiazole rings is 1. The van der Waals surface area contributed by atoms with Crippen LogP contribution < -0.4 is 0 Å². The summed E-state index contributed by atoms with van der Waals surface area (Å²) in [6.45, 7) is 1.95. The third kappa shape index (κ3) is 3.09. The van der Waals surface area contributed by atoms with Crippen LogP contribution in [0.15, 0.2) is 61.2 Å². The zero-order chi connectivity index (χ0) is 20.0. The van der Waals surface area contributed by atoms with Gasteiger partial charge in [0.25, 0.3) is 0 Å². The molecule has 0 aliphatic heterocycles. The molecule has 0 aromatic carbocycles. The quantitative estimate of drug-likeness (QED) is 0.413. The maximum atomic E-state index is 13.6. The summed E-state index contributed by atoms with van der Waals surface area (Å²) >= 11 is 1.49. The summed E-state index contributed by atoms with van der Waals surface area (Å²) in [5, 5.41) is 1.80. The number of fused-ring (bicyclic) bond motifs is 1. The molecule has 0 saturated carbocycles. The Kier molecular flexibility index (Phi) is 4.17. The first-order valence-corrected chi connectivity index (χ1v) is 9.88. The number of rotatable bonds is 3. The lowest BCUT2D eigenvalue weighted by Gasteiger charge is -2.08. The molecule has 5 heterocycles. The number of aryl methyl sites for hydroxylation is 2. The van der Waals surface area contributed by atoms with Gasteiger partial charge >= 0.3 is 0 Å². The van der Waals surface area contributed by atoms with Crippen LogP contribution in [0, 0.1) is 12.7 Å². The zero-order valence-corrected chi connectivity index (χ0v) is 16.6. The average molecular weight is 401 g/mol. The number of aromatic nitrogens is 5. The molecule has 5 rings (SSSR count). The first-order valence-electron chi connectivity index (χ1n) is 9.06. The van der Waals surface area contributed by atoms with Gasteiger partial charge in [0.1, 0.15) is 16.5 Å². The lowest BCUT2D eigenvalue weighted by atomic mass is 10.1. The van der Waals surface area contributed by atoms with Gasteiger partial charge in [0.15, 0.2) is 0 Å². The van der Waals surface area contributed by atoms with Crippen molar-refractivity contribution in [3.8, 4) is 32.5 Å². The van der Waals surface area contributed by atoms with Crippen molar-refractivity contribution in [3.05, 3.63) is 72.7 Å². The lowest BCUT2D eigenvalue weighted by Crippen LogP contribution is -1.95. The van der Waals surface area contributed by atoms with Gasteiger partial charge in [-0.3, -0.25) is 9.97 Å². The highest BCUT2D eigenvalue weighted by atomic mass is 32.1. The van der Waals surface area contributed by atoms with Crippen molar-refractivity contribution in [1.29, 1.82) is 0 Å². The molecule has 0 amide bonds. The maximum Gasteiger partial charge on any atom is 0.142 e. The number of pyridine rings is 3. The van der Waals surface area contributed by atoms with Crippen molar-refractivity contribution in [2.75, 3.05) is 0 Å². The minimum atomic E-state index is -0.378. The van der Waals surface area contributed by atoms with E-state index in [1.54, 1.807) is 12.4 Å². The summed E-state index contributed by atoms with van der Waals surface area (Å²) in [5.74, 6) is -0.378. The van der Waals surface area contributed by atoms with E-state index >= 15 is 0 Å². The summed E-state index contributed by atoms with van der Waals surface area (Å²) in [5.41, 5.74) is 5.01. The maximum absolute atomic E-state index is 13.6. The molecule has 29 heavy (non-hydrogen) atoms. The summed E-state index contributed by atoms with van der Waals surface area (Å²) in [6, 6.07) is 11.4. The molecule has 0 aliphatic rings. The van der Waals surface area contributed by atoms with E-state index in [0.717, 1.165) is 43.6 Å². The van der Waals surface area contributed by atoms with Crippen molar-refractivity contribution in [2.24, 2.45) is 7.05 Å². The fraction of sp³-hybridized carbons (Fsp3) is 0.0909. The van der Waals surface area contributed by atoms with Crippen LogP contribution in [0.5, 0.6) is 0 Å². The normalized spacial score (nSPS) is 11.3. The predicted octanol–water partition coefficient (Wildman–Crippen LogP) is 5.27. The van der Waals surface area contributed by atoms with Gasteiger partial charge in [0.05, 0.1) is 33.7 Å². The van der Waals surface area contributed by atoms with E-state index in [1.165, 1.54) is 23.6 Å². The van der Waals surface area contributed by atoms with Crippen LogP contribution in [0.3, 0.4) is 0 Å². The molecular formula is C22H16FN5S. The fourth-order valence-electron chi connectivity index (χ4n) is 3.39. The Hall–Kier alpha value is -3.45. The third-order valence-corrected chi connectivity index (χ3v) is 5.96. The van der Waals surface area contributed by atoms with Crippen LogP contribution in [-0.4, -0.2) is 24.5 Å². The summed E-state index contributed by atoms with van der Waals surface area (Å²) in [6.07, 6.45) is 6.60. The van der Waals surface area contributed by atoms with Gasteiger partial charge in [-0.2, -0.15) is 0 Å². The van der Waals surface area contributed by atoms with E-state index < -0.39 is 0 Å². The molecule has 0 aliphatic carbocycles. The SMILES string of the molecule is Cc1nc(-c2cncc(F)c2)sc1-c1nc(-c2ccccn2)cc2ccn(C)c12. The van der Waals surface area contributed by atoms with E-state index in [9.17, 15) is 4.39 Å². The number of nitrogens with zero attached hydrogens (tertiary/aromatic N) is 5. The number of halogens is 1. The van der Waals surface area contributed by atoms with Crippen LogP contribution in [0.4, 0.5) is 4.39 Å². The van der Waals surface area contributed by atoms with Crippen molar-refractivity contribution in [1.82, 2.24) is 24.5 Å². The van der Waals surface area contributed by atoms with Gasteiger partial charge < -0.3 is 4.57 Å². The van der Waals surface area contributed by atoms with E-state index in [2.05, 4.69) is 31.7 Å². The van der Waals surface area contributed by atoms with E-state index in [4.69, 9.17) is 4.98 Å². The topological polar surface area (TPSA) is 56.5 Å². The highest BCUT2D eigenvalue weighted by Gasteiger charge is 2.19. The van der Waals surface area contributed by atoms with Gasteiger partial charge in [0.2, 0.25) is 0 Å². The molecule has 7 heteroatoms. The van der Waals surface area contributed by atoms with Gasteiger partial charge in [-0.1, -0.05) is 6.07 Å². The van der Waals surface area contributed by atoms with Crippen LogP contribution in [0.1, 0.15) is 5.69 Å². The summed E-state index contributed by atoms with van der Waals surface area (Å²) in [7, 11) is 2.00. The molecule has 142 valence electrons. The minimum Gasteiger partial charge on any atom is -0.349 e. The van der Waals surface area contributed by atoms with Gasteiger partial charge in [-0.15, -0.1) is 11.3 Å². The van der Waals surface area contributed by atoms with Crippen LogP contribution >= 0.6 is 11.3 Å². The third-order valence-electron chi connectivity index (χ3n) is 4.74. The molecule has 5 aromatic heterocycles. The largest absolute Gasteiger partial charge is 0.349 e. The molecule has 5 aromatic rings. The molecule has 0 atom stereocenters. The zero-order valence-electron chi connectivity index (χ0n) is 15.8. The Morgan fingerprint density at radius 3 is 2.72 bits per heavy atom. The molecule has 0 fully saturated rings. The molecule has 0 saturated heterocycles. The van der Waals surface area contributed by atoms with Gasteiger partial charge in [-0.05, 0) is 37.3 Å². The Balaban J connectivity index is 1.74. The minimum absolute atomic E-state index is 0.378. The fourth-order valence-corrected chi connectivity index (χ4v) is 4.43. The summed E-state index contributed by atoms with van der Waals surface area (Å²) < 4.78 is 15.7. The smallest absolute Gasteiger partial charge is 0.142 e. The van der Waals surface area contributed by atoms with E-state index in [-0.39, 0.29) is 5.82 Å². The average Bonchev–Trinajstić information content (AvgIpc) is 3.31. The second-order valence-corrected chi connectivity index (χ2v) is 7.76. The number of hydrogen-bond donors (Lipinski definition) is 0. The van der Waals surface area contributed by atoms with Crippen molar-refractivity contribution in [2.45, 2.75) is 6.92 Å². The Morgan fingerprint density at radius 2 is 1.93 bits per heavy atom. The highest BCUT2D eigenvalue weighted by molar-refractivity contribution is 7.18. The van der Waals surface area contributed by atoms with Crippen molar-refractivity contribution >= 4 is 22.2 Å². The van der Waals surface area contributed by atoms with Gasteiger partial charge in [0, 0.05) is 36.6 Å². The molecule has 0 N–H and O–H groups in total. The molecule has 0 bridgehead atoms. The first kappa shape index (κ1) is 17.6. The standard InChI is InChI=1S/C22H16FN5S/c1-13-21(29-22(26-13)15-9-16(23)12-24-11-15)19-20-14(6-8-28(20)2)10-18(27-19)17-5-3-4-7-25-17/h3-12H,1-2H3. The molecule has 0 radical (unpaired) electrons. The van der Waals surface area contributed by atoms with Crippen LogP contribution in [0.25, 0.3) is 43.4 Å². The van der Waals surface area contributed by atoms with Crippen molar-refractivity contribution < 1.29 is 4.39 Å². The highest BCUT2D eigenvalue weighted by Crippen LogP contribution is 2.38. The van der Waals surface area contributed by atoms with E-state index in [1.807, 2.05) is 38.4 Å². The lowest BCUT2D eigenvalue weighted by molar-refractivity contribution is 0.622. The predicted molar refractivity (Wildman–Crippen MR) is 113 cm³/mol. The van der Waals surface area contributed by atoms with Gasteiger partial charge in [-0.25, -0.2) is 14.4 Å². The Bertz CT molecular complexity index is 1340. The molecule has 0 spiro atoms. The van der Waals surface area contributed by atoms with Crippen molar-refractivity contribution in [3.63, 3.8) is 0 Å².